The highest BCUT2D eigenvalue weighted by molar-refractivity contribution is 4.82. The molecule has 1 aliphatic heterocycles. The first-order valence-corrected chi connectivity index (χ1v) is 5.59. The highest BCUT2D eigenvalue weighted by Gasteiger charge is 2.19. The number of piperidine rings is 1. The van der Waals surface area contributed by atoms with Gasteiger partial charge in [-0.05, 0) is 32.6 Å². The van der Waals surface area contributed by atoms with Crippen LogP contribution in [-0.2, 0) is 0 Å². The molecule has 0 aliphatic carbocycles. The molecule has 3 unspecified atom stereocenters. The lowest BCUT2D eigenvalue weighted by Crippen LogP contribution is -2.50. The van der Waals surface area contributed by atoms with E-state index in [1.165, 1.54) is 12.8 Å². The van der Waals surface area contributed by atoms with Gasteiger partial charge in [0, 0.05) is 24.7 Å². The number of nitrogens with one attached hydrogen (secondary N) is 2. The van der Waals surface area contributed by atoms with Crippen molar-refractivity contribution in [2.45, 2.75) is 58.7 Å². The molecule has 0 radical (unpaired) electrons. The summed E-state index contributed by atoms with van der Waals surface area (Å²) < 4.78 is 0. The molecule has 2 N–H and O–H groups in total. The molecule has 0 aromatic heterocycles. The Balaban J connectivity index is 2.22. The predicted molar refractivity (Wildman–Crippen MR) is 57.9 cm³/mol. The molecule has 0 aromatic rings. The van der Waals surface area contributed by atoms with Crippen LogP contribution in [0.2, 0.25) is 0 Å². The van der Waals surface area contributed by atoms with E-state index < -0.39 is 0 Å². The summed E-state index contributed by atoms with van der Waals surface area (Å²) in [6, 6.07) is 2.04. The normalized spacial score (nSPS) is 32.1. The molecule has 0 aromatic carbocycles. The van der Waals surface area contributed by atoms with E-state index in [2.05, 4.69) is 38.3 Å². The van der Waals surface area contributed by atoms with E-state index in [0.29, 0.717) is 18.1 Å². The highest BCUT2D eigenvalue weighted by Crippen LogP contribution is 2.10. The van der Waals surface area contributed by atoms with Gasteiger partial charge in [0.2, 0.25) is 0 Å². The molecule has 1 aliphatic rings. The third kappa shape index (κ3) is 3.65. The van der Waals surface area contributed by atoms with Gasteiger partial charge in [-0.3, -0.25) is 0 Å². The summed E-state index contributed by atoms with van der Waals surface area (Å²) in [6.07, 6.45) is 2.63. The number of hydrogen-bond acceptors (Lipinski definition) is 2. The van der Waals surface area contributed by atoms with Crippen LogP contribution in [0.4, 0.5) is 0 Å². The van der Waals surface area contributed by atoms with Crippen molar-refractivity contribution in [3.63, 3.8) is 0 Å². The van der Waals surface area contributed by atoms with E-state index in [-0.39, 0.29) is 0 Å². The standard InChI is InChI=1S/C11H24N2/c1-8(2)10(4)13-11-6-5-9(3)12-7-11/h8-13H,5-7H2,1-4H3. The van der Waals surface area contributed by atoms with Gasteiger partial charge in [0.1, 0.15) is 0 Å². The molecule has 1 saturated heterocycles. The van der Waals surface area contributed by atoms with E-state index in [0.717, 1.165) is 12.5 Å². The first-order valence-electron chi connectivity index (χ1n) is 5.59. The van der Waals surface area contributed by atoms with Crippen molar-refractivity contribution >= 4 is 0 Å². The SMILES string of the molecule is CC1CCC(NC(C)C(C)C)CN1. The fourth-order valence-corrected chi connectivity index (χ4v) is 1.71. The summed E-state index contributed by atoms with van der Waals surface area (Å²) in [5.41, 5.74) is 0. The van der Waals surface area contributed by atoms with Gasteiger partial charge in [-0.25, -0.2) is 0 Å². The minimum absolute atomic E-state index is 0.639. The average molecular weight is 184 g/mol. The highest BCUT2D eigenvalue weighted by atomic mass is 15.0. The van der Waals surface area contributed by atoms with Gasteiger partial charge in [0.05, 0.1) is 0 Å². The smallest absolute Gasteiger partial charge is 0.0195 e. The van der Waals surface area contributed by atoms with Gasteiger partial charge >= 0.3 is 0 Å². The molecule has 0 bridgehead atoms. The minimum Gasteiger partial charge on any atom is -0.313 e. The lowest BCUT2D eigenvalue weighted by molar-refractivity contribution is 0.293. The Bertz CT molecular complexity index is 137. The van der Waals surface area contributed by atoms with Crippen molar-refractivity contribution in [3.05, 3.63) is 0 Å². The van der Waals surface area contributed by atoms with E-state index in [1.54, 1.807) is 0 Å². The van der Waals surface area contributed by atoms with Crippen molar-refractivity contribution in [3.8, 4) is 0 Å². The summed E-state index contributed by atoms with van der Waals surface area (Å²) in [4.78, 5) is 0. The first kappa shape index (κ1) is 11.0. The largest absolute Gasteiger partial charge is 0.313 e. The van der Waals surface area contributed by atoms with Crippen molar-refractivity contribution in [1.29, 1.82) is 0 Å². The molecular weight excluding hydrogens is 160 g/mol. The van der Waals surface area contributed by atoms with Gasteiger partial charge in [-0.15, -0.1) is 0 Å². The Kier molecular flexibility index (Phi) is 4.20. The second-order valence-corrected chi connectivity index (χ2v) is 4.78. The molecule has 1 fully saturated rings. The topological polar surface area (TPSA) is 24.1 Å². The van der Waals surface area contributed by atoms with Crippen LogP contribution >= 0.6 is 0 Å². The fourth-order valence-electron chi connectivity index (χ4n) is 1.71. The number of rotatable bonds is 3. The third-order valence-corrected chi connectivity index (χ3v) is 3.16. The van der Waals surface area contributed by atoms with Crippen LogP contribution in [-0.4, -0.2) is 24.7 Å². The Morgan fingerprint density at radius 1 is 1.23 bits per heavy atom. The molecule has 2 heteroatoms. The van der Waals surface area contributed by atoms with Crippen LogP contribution < -0.4 is 10.6 Å². The van der Waals surface area contributed by atoms with Crippen LogP contribution in [0.3, 0.4) is 0 Å². The molecule has 3 atom stereocenters. The maximum absolute atomic E-state index is 3.68. The average Bonchev–Trinajstić information content (AvgIpc) is 2.08. The zero-order valence-corrected chi connectivity index (χ0v) is 9.43. The summed E-state index contributed by atoms with van der Waals surface area (Å²) in [7, 11) is 0. The van der Waals surface area contributed by atoms with E-state index in [1.807, 2.05) is 0 Å². The van der Waals surface area contributed by atoms with E-state index in [9.17, 15) is 0 Å². The second kappa shape index (κ2) is 4.97. The first-order chi connectivity index (χ1) is 6.09. The monoisotopic (exact) mass is 184 g/mol. The second-order valence-electron chi connectivity index (χ2n) is 4.78. The van der Waals surface area contributed by atoms with Gasteiger partial charge in [-0.1, -0.05) is 13.8 Å². The van der Waals surface area contributed by atoms with Crippen LogP contribution in [0.1, 0.15) is 40.5 Å². The number of hydrogen-bond donors (Lipinski definition) is 2. The molecule has 1 heterocycles. The predicted octanol–water partition coefficient (Wildman–Crippen LogP) is 1.76. The van der Waals surface area contributed by atoms with Crippen LogP contribution in [0.25, 0.3) is 0 Å². The Labute approximate surface area is 82.5 Å². The Morgan fingerprint density at radius 3 is 2.38 bits per heavy atom. The van der Waals surface area contributed by atoms with E-state index >= 15 is 0 Å². The van der Waals surface area contributed by atoms with Crippen LogP contribution in [0, 0.1) is 5.92 Å². The van der Waals surface area contributed by atoms with Crippen molar-refractivity contribution < 1.29 is 0 Å². The summed E-state index contributed by atoms with van der Waals surface area (Å²) in [6.45, 7) is 10.2. The molecule has 78 valence electrons. The van der Waals surface area contributed by atoms with Gasteiger partial charge in [-0.2, -0.15) is 0 Å². The van der Waals surface area contributed by atoms with Crippen LogP contribution in [0.15, 0.2) is 0 Å². The minimum atomic E-state index is 0.639. The maximum Gasteiger partial charge on any atom is 0.0195 e. The zero-order valence-electron chi connectivity index (χ0n) is 9.43. The quantitative estimate of drug-likeness (QED) is 0.698. The summed E-state index contributed by atoms with van der Waals surface area (Å²) >= 11 is 0. The molecule has 0 saturated carbocycles. The Morgan fingerprint density at radius 2 is 1.92 bits per heavy atom. The third-order valence-electron chi connectivity index (χ3n) is 3.16. The molecular formula is C11H24N2. The van der Waals surface area contributed by atoms with Crippen molar-refractivity contribution in [2.75, 3.05) is 6.54 Å². The van der Waals surface area contributed by atoms with Crippen LogP contribution in [0.5, 0.6) is 0 Å². The fraction of sp³-hybridized carbons (Fsp3) is 1.00. The lowest BCUT2D eigenvalue weighted by Gasteiger charge is -2.31. The Hall–Kier alpha value is -0.0800. The lowest BCUT2D eigenvalue weighted by atomic mass is 9.99. The molecule has 1 rings (SSSR count). The van der Waals surface area contributed by atoms with Gasteiger partial charge < -0.3 is 10.6 Å². The summed E-state index contributed by atoms with van der Waals surface area (Å²) in [5, 5.41) is 7.19. The summed E-state index contributed by atoms with van der Waals surface area (Å²) in [5.74, 6) is 0.736. The molecule has 13 heavy (non-hydrogen) atoms. The molecule has 2 nitrogen and oxygen atoms in total. The van der Waals surface area contributed by atoms with Crippen molar-refractivity contribution in [1.82, 2.24) is 10.6 Å². The van der Waals surface area contributed by atoms with E-state index in [4.69, 9.17) is 0 Å². The van der Waals surface area contributed by atoms with Crippen molar-refractivity contribution in [2.24, 2.45) is 5.92 Å². The molecule has 0 amide bonds. The zero-order chi connectivity index (χ0) is 9.84. The molecule has 0 spiro atoms. The van der Waals surface area contributed by atoms with Gasteiger partial charge in [0.15, 0.2) is 0 Å². The van der Waals surface area contributed by atoms with Gasteiger partial charge in [0.25, 0.3) is 0 Å². The maximum atomic E-state index is 3.68.